The van der Waals surface area contributed by atoms with Gasteiger partial charge >= 0.3 is 0 Å². The van der Waals surface area contributed by atoms with E-state index in [0.29, 0.717) is 16.9 Å². The molecule has 0 aliphatic heterocycles. The molecule has 152 valence electrons. The van der Waals surface area contributed by atoms with E-state index >= 15 is 0 Å². The van der Waals surface area contributed by atoms with Gasteiger partial charge in [0.1, 0.15) is 5.75 Å². The molecule has 0 bridgehead atoms. The van der Waals surface area contributed by atoms with Gasteiger partial charge in [0.05, 0.1) is 13.0 Å². The molecule has 4 rings (SSSR count). The van der Waals surface area contributed by atoms with Crippen molar-refractivity contribution >= 4 is 23.2 Å². The van der Waals surface area contributed by atoms with Crippen molar-refractivity contribution in [3.63, 3.8) is 0 Å². The molecule has 5 nitrogen and oxygen atoms in total. The minimum Gasteiger partial charge on any atom is -0.497 e. The first-order valence-corrected chi connectivity index (χ1v) is 10.1. The van der Waals surface area contributed by atoms with Crippen LogP contribution < -0.4 is 15.4 Å². The smallest absolute Gasteiger partial charge is 0.255 e. The summed E-state index contributed by atoms with van der Waals surface area (Å²) in [6, 6.07) is 22.2. The van der Waals surface area contributed by atoms with Crippen molar-refractivity contribution in [1.82, 2.24) is 0 Å². The number of hydrogen-bond donors (Lipinski definition) is 2. The normalized spacial score (nSPS) is 15.0. The molecule has 0 unspecified atom stereocenters. The summed E-state index contributed by atoms with van der Waals surface area (Å²) >= 11 is 0. The molecule has 1 atom stereocenters. The largest absolute Gasteiger partial charge is 0.497 e. The molecule has 2 amide bonds. The van der Waals surface area contributed by atoms with Crippen LogP contribution in [0, 0.1) is 0 Å². The van der Waals surface area contributed by atoms with Gasteiger partial charge < -0.3 is 15.4 Å². The van der Waals surface area contributed by atoms with E-state index in [9.17, 15) is 9.59 Å². The first kappa shape index (κ1) is 19.7. The summed E-state index contributed by atoms with van der Waals surface area (Å²) in [6.45, 7) is 0. The van der Waals surface area contributed by atoms with Crippen LogP contribution in [0.25, 0.3) is 0 Å². The maximum atomic E-state index is 12.8. The minimum absolute atomic E-state index is 0.00224. The van der Waals surface area contributed by atoms with Gasteiger partial charge in [-0.05, 0) is 78.9 Å². The number of aryl methyl sites for hydroxylation is 1. The topological polar surface area (TPSA) is 67.4 Å². The van der Waals surface area contributed by atoms with Gasteiger partial charge in [-0.1, -0.05) is 24.3 Å². The number of fused-ring (bicyclic) bond motifs is 1. The van der Waals surface area contributed by atoms with Gasteiger partial charge in [-0.25, -0.2) is 0 Å². The first-order valence-electron chi connectivity index (χ1n) is 10.1. The van der Waals surface area contributed by atoms with Crippen LogP contribution in [0.5, 0.6) is 5.75 Å². The molecular formula is C25H24N2O3. The van der Waals surface area contributed by atoms with E-state index < -0.39 is 0 Å². The molecular weight excluding hydrogens is 376 g/mol. The molecule has 5 heteroatoms. The van der Waals surface area contributed by atoms with Gasteiger partial charge in [-0.2, -0.15) is 0 Å². The SMILES string of the molecule is COc1ccc(NC(=O)c2ccc(NC(=O)[C@@H]3CCCc4ccccc43)cc2)cc1. The van der Waals surface area contributed by atoms with Gasteiger partial charge in [-0.15, -0.1) is 0 Å². The van der Waals surface area contributed by atoms with Crippen molar-refractivity contribution in [2.45, 2.75) is 25.2 Å². The summed E-state index contributed by atoms with van der Waals surface area (Å²) in [5.41, 5.74) is 4.27. The van der Waals surface area contributed by atoms with Gasteiger partial charge in [0.15, 0.2) is 0 Å². The fraction of sp³-hybridized carbons (Fsp3) is 0.200. The Morgan fingerprint density at radius 1 is 0.867 bits per heavy atom. The summed E-state index contributed by atoms with van der Waals surface area (Å²) < 4.78 is 5.12. The van der Waals surface area contributed by atoms with E-state index in [1.807, 2.05) is 18.2 Å². The molecule has 1 aliphatic carbocycles. The second kappa shape index (κ2) is 8.82. The lowest BCUT2D eigenvalue weighted by atomic mass is 9.82. The summed E-state index contributed by atoms with van der Waals surface area (Å²) in [7, 11) is 1.60. The van der Waals surface area contributed by atoms with Gasteiger partial charge in [0.2, 0.25) is 5.91 Å². The zero-order valence-corrected chi connectivity index (χ0v) is 16.9. The molecule has 0 fully saturated rings. The number of amides is 2. The van der Waals surface area contributed by atoms with E-state index in [1.54, 1.807) is 55.6 Å². The highest BCUT2D eigenvalue weighted by atomic mass is 16.5. The maximum absolute atomic E-state index is 12.8. The third-order valence-electron chi connectivity index (χ3n) is 5.45. The van der Waals surface area contributed by atoms with Crippen LogP contribution in [-0.2, 0) is 11.2 Å². The Morgan fingerprint density at radius 2 is 1.53 bits per heavy atom. The predicted octanol–water partition coefficient (Wildman–Crippen LogP) is 5.01. The van der Waals surface area contributed by atoms with E-state index in [2.05, 4.69) is 16.7 Å². The number of rotatable bonds is 5. The van der Waals surface area contributed by atoms with E-state index in [1.165, 1.54) is 5.56 Å². The highest BCUT2D eigenvalue weighted by Gasteiger charge is 2.26. The number of ether oxygens (including phenoxy) is 1. The van der Waals surface area contributed by atoms with Crippen LogP contribution >= 0.6 is 0 Å². The van der Waals surface area contributed by atoms with Gasteiger partial charge in [0.25, 0.3) is 5.91 Å². The van der Waals surface area contributed by atoms with Crippen LogP contribution in [0.4, 0.5) is 11.4 Å². The van der Waals surface area contributed by atoms with Crippen molar-refractivity contribution in [2.75, 3.05) is 17.7 Å². The minimum atomic E-state index is -0.209. The Bertz CT molecular complexity index is 1040. The highest BCUT2D eigenvalue weighted by Crippen LogP contribution is 2.32. The van der Waals surface area contributed by atoms with Crippen molar-refractivity contribution in [2.24, 2.45) is 0 Å². The number of carbonyl (C=O) groups excluding carboxylic acids is 2. The van der Waals surface area contributed by atoms with Crippen LogP contribution in [0.15, 0.2) is 72.8 Å². The zero-order valence-electron chi connectivity index (χ0n) is 16.9. The van der Waals surface area contributed by atoms with Gasteiger partial charge in [0, 0.05) is 16.9 Å². The molecule has 0 aromatic heterocycles. The zero-order chi connectivity index (χ0) is 20.9. The number of methoxy groups -OCH3 is 1. The number of benzene rings is 3. The molecule has 30 heavy (non-hydrogen) atoms. The Hall–Kier alpha value is -3.60. The molecule has 0 radical (unpaired) electrons. The van der Waals surface area contributed by atoms with Crippen molar-refractivity contribution in [3.8, 4) is 5.75 Å². The van der Waals surface area contributed by atoms with Gasteiger partial charge in [-0.3, -0.25) is 9.59 Å². The molecule has 0 saturated carbocycles. The van der Waals surface area contributed by atoms with E-state index in [-0.39, 0.29) is 17.7 Å². The third-order valence-corrected chi connectivity index (χ3v) is 5.45. The first-order chi connectivity index (χ1) is 14.6. The molecule has 3 aromatic carbocycles. The number of anilines is 2. The van der Waals surface area contributed by atoms with Crippen LogP contribution in [0.1, 0.15) is 40.2 Å². The van der Waals surface area contributed by atoms with Crippen molar-refractivity contribution in [1.29, 1.82) is 0 Å². The second-order valence-corrected chi connectivity index (χ2v) is 7.39. The predicted molar refractivity (Wildman–Crippen MR) is 118 cm³/mol. The standard InChI is InChI=1S/C25H24N2O3/c1-30-21-15-13-20(14-16-21)26-24(28)18-9-11-19(12-10-18)27-25(29)23-8-4-6-17-5-2-3-7-22(17)23/h2-3,5,7,9-16,23H,4,6,8H2,1H3,(H,26,28)(H,27,29)/t23-/m1/s1. The summed E-state index contributed by atoms with van der Waals surface area (Å²) in [6.07, 6.45) is 2.89. The Balaban J connectivity index is 1.40. The van der Waals surface area contributed by atoms with Crippen LogP contribution in [0.2, 0.25) is 0 Å². The fourth-order valence-electron chi connectivity index (χ4n) is 3.84. The molecule has 0 heterocycles. The van der Waals surface area contributed by atoms with Crippen LogP contribution in [-0.4, -0.2) is 18.9 Å². The quantitative estimate of drug-likeness (QED) is 0.633. The lowest BCUT2D eigenvalue weighted by Gasteiger charge is -2.24. The lowest BCUT2D eigenvalue weighted by Crippen LogP contribution is -2.24. The van der Waals surface area contributed by atoms with Crippen molar-refractivity contribution in [3.05, 3.63) is 89.5 Å². The van der Waals surface area contributed by atoms with E-state index in [0.717, 1.165) is 30.6 Å². The van der Waals surface area contributed by atoms with Crippen LogP contribution in [0.3, 0.4) is 0 Å². The molecule has 0 spiro atoms. The monoisotopic (exact) mass is 400 g/mol. The second-order valence-electron chi connectivity index (χ2n) is 7.39. The highest BCUT2D eigenvalue weighted by molar-refractivity contribution is 6.04. The number of hydrogen-bond acceptors (Lipinski definition) is 3. The summed E-state index contributed by atoms with van der Waals surface area (Å²) in [5.74, 6) is 0.388. The molecule has 0 saturated heterocycles. The third kappa shape index (κ3) is 4.35. The molecule has 3 aromatic rings. The average molecular weight is 400 g/mol. The number of carbonyl (C=O) groups is 2. The maximum Gasteiger partial charge on any atom is 0.255 e. The summed E-state index contributed by atoms with van der Waals surface area (Å²) in [5, 5.41) is 5.85. The molecule has 2 N–H and O–H groups in total. The van der Waals surface area contributed by atoms with E-state index in [4.69, 9.17) is 4.74 Å². The fourth-order valence-corrected chi connectivity index (χ4v) is 3.84. The lowest BCUT2D eigenvalue weighted by molar-refractivity contribution is -0.117. The Morgan fingerprint density at radius 3 is 2.27 bits per heavy atom. The Kier molecular flexibility index (Phi) is 5.80. The Labute approximate surface area is 176 Å². The van der Waals surface area contributed by atoms with Crippen molar-refractivity contribution < 1.29 is 14.3 Å². The molecule has 1 aliphatic rings. The average Bonchev–Trinajstić information content (AvgIpc) is 2.79. The summed E-state index contributed by atoms with van der Waals surface area (Å²) in [4.78, 5) is 25.3. The number of nitrogens with one attached hydrogen (secondary N) is 2.